The van der Waals surface area contributed by atoms with Crippen molar-refractivity contribution in [2.24, 2.45) is 0 Å². The van der Waals surface area contributed by atoms with Gasteiger partial charge in [-0.3, -0.25) is 9.59 Å². The van der Waals surface area contributed by atoms with Gasteiger partial charge in [0.1, 0.15) is 0 Å². The maximum atomic E-state index is 12.0. The molecule has 0 aliphatic rings. The van der Waals surface area contributed by atoms with Gasteiger partial charge in [-0.2, -0.15) is 0 Å². The molecule has 5 heteroatoms. The molecule has 0 spiro atoms. The molecule has 0 aliphatic carbocycles. The molecule has 1 amide bonds. The summed E-state index contributed by atoms with van der Waals surface area (Å²) in [5, 5.41) is 3.14. The number of rotatable bonds is 4. The van der Waals surface area contributed by atoms with Crippen LogP contribution in [0.25, 0.3) is 0 Å². The molecule has 1 N–H and O–H groups in total. The van der Waals surface area contributed by atoms with E-state index in [1.807, 2.05) is 24.3 Å². The molecule has 0 atom stereocenters. The largest absolute Gasteiger partial charge is 0.324 e. The zero-order valence-electron chi connectivity index (χ0n) is 11.3. The van der Waals surface area contributed by atoms with Gasteiger partial charge < -0.3 is 5.32 Å². The number of hydrogen-bond donors (Lipinski definition) is 1. The second-order valence-electron chi connectivity index (χ2n) is 4.60. The molecule has 0 saturated heterocycles. The summed E-state index contributed by atoms with van der Waals surface area (Å²) < 4.78 is 0.962. The Morgan fingerprint density at radius 1 is 1.14 bits per heavy atom. The number of carbonyl (C=O) groups is 2. The molecule has 0 heterocycles. The Bertz CT molecular complexity index is 683. The molecular weight excluding hydrogens is 354 g/mol. The molecular formula is C16H13BrClNO2. The van der Waals surface area contributed by atoms with Crippen molar-refractivity contribution >= 4 is 44.9 Å². The molecule has 108 valence electrons. The first-order valence-electron chi connectivity index (χ1n) is 6.30. The summed E-state index contributed by atoms with van der Waals surface area (Å²) in [7, 11) is 0. The number of benzene rings is 2. The average molecular weight is 367 g/mol. The van der Waals surface area contributed by atoms with Gasteiger partial charge >= 0.3 is 0 Å². The van der Waals surface area contributed by atoms with Crippen LogP contribution in [0.1, 0.15) is 22.8 Å². The first-order chi connectivity index (χ1) is 9.95. The van der Waals surface area contributed by atoms with Gasteiger partial charge in [0.25, 0.3) is 0 Å². The molecule has 0 aromatic heterocycles. The quantitative estimate of drug-likeness (QED) is 0.811. The SMILES string of the molecule is CC(=O)c1ccc(Cl)c(NC(=O)Cc2ccc(Br)cc2)c1. The van der Waals surface area contributed by atoms with E-state index in [2.05, 4.69) is 21.2 Å². The molecule has 0 fully saturated rings. The highest BCUT2D eigenvalue weighted by atomic mass is 79.9. The van der Waals surface area contributed by atoms with Crippen LogP contribution in [0.3, 0.4) is 0 Å². The summed E-state index contributed by atoms with van der Waals surface area (Å²) in [5.41, 5.74) is 1.86. The highest BCUT2D eigenvalue weighted by molar-refractivity contribution is 9.10. The van der Waals surface area contributed by atoms with Crippen LogP contribution in [-0.4, -0.2) is 11.7 Å². The third kappa shape index (κ3) is 4.41. The number of anilines is 1. The minimum atomic E-state index is -0.181. The summed E-state index contributed by atoms with van der Waals surface area (Å²) in [6.45, 7) is 1.47. The van der Waals surface area contributed by atoms with Gasteiger partial charge in [-0.25, -0.2) is 0 Å². The van der Waals surface area contributed by atoms with Gasteiger partial charge in [-0.15, -0.1) is 0 Å². The third-order valence-corrected chi connectivity index (χ3v) is 3.78. The topological polar surface area (TPSA) is 46.2 Å². The third-order valence-electron chi connectivity index (χ3n) is 2.92. The van der Waals surface area contributed by atoms with E-state index in [0.717, 1.165) is 10.0 Å². The molecule has 21 heavy (non-hydrogen) atoms. The zero-order chi connectivity index (χ0) is 15.4. The molecule has 3 nitrogen and oxygen atoms in total. The van der Waals surface area contributed by atoms with Gasteiger partial charge in [0.15, 0.2) is 5.78 Å². The second-order valence-corrected chi connectivity index (χ2v) is 5.93. The minimum Gasteiger partial charge on any atom is -0.324 e. The number of ketones is 1. The normalized spacial score (nSPS) is 10.2. The van der Waals surface area contributed by atoms with Gasteiger partial charge in [0, 0.05) is 10.0 Å². The van der Waals surface area contributed by atoms with Crippen molar-refractivity contribution in [3.8, 4) is 0 Å². The maximum absolute atomic E-state index is 12.0. The van der Waals surface area contributed by atoms with Gasteiger partial charge in [-0.05, 0) is 42.8 Å². The fraction of sp³-hybridized carbons (Fsp3) is 0.125. The van der Waals surface area contributed by atoms with Crippen LogP contribution in [0, 0.1) is 0 Å². The molecule has 2 aromatic carbocycles. The van der Waals surface area contributed by atoms with Crippen molar-refractivity contribution in [3.05, 3.63) is 63.1 Å². The van der Waals surface area contributed by atoms with Crippen LogP contribution in [0.15, 0.2) is 46.9 Å². The van der Waals surface area contributed by atoms with E-state index in [1.165, 1.54) is 6.92 Å². The first kappa shape index (κ1) is 15.7. The van der Waals surface area contributed by atoms with Crippen molar-refractivity contribution in [2.45, 2.75) is 13.3 Å². The van der Waals surface area contributed by atoms with Crippen molar-refractivity contribution < 1.29 is 9.59 Å². The summed E-state index contributed by atoms with van der Waals surface area (Å²) in [6, 6.07) is 12.3. The van der Waals surface area contributed by atoms with Crippen molar-refractivity contribution in [1.29, 1.82) is 0 Å². The molecule has 2 rings (SSSR count). The van der Waals surface area contributed by atoms with E-state index in [0.29, 0.717) is 16.3 Å². The standard InChI is InChI=1S/C16H13BrClNO2/c1-10(20)12-4-7-14(18)15(9-12)19-16(21)8-11-2-5-13(17)6-3-11/h2-7,9H,8H2,1H3,(H,19,21). The maximum Gasteiger partial charge on any atom is 0.228 e. The average Bonchev–Trinajstić information content (AvgIpc) is 2.43. The first-order valence-corrected chi connectivity index (χ1v) is 7.47. The fourth-order valence-corrected chi connectivity index (χ4v) is 2.25. The van der Waals surface area contributed by atoms with Crippen LogP contribution in [0.5, 0.6) is 0 Å². The number of amides is 1. The van der Waals surface area contributed by atoms with Crippen LogP contribution in [0.4, 0.5) is 5.69 Å². The lowest BCUT2D eigenvalue weighted by Gasteiger charge is -2.09. The molecule has 0 saturated carbocycles. The van der Waals surface area contributed by atoms with E-state index in [9.17, 15) is 9.59 Å². The Kier molecular flexibility index (Phi) is 5.15. The van der Waals surface area contributed by atoms with E-state index >= 15 is 0 Å². The van der Waals surface area contributed by atoms with E-state index < -0.39 is 0 Å². The van der Waals surface area contributed by atoms with Gasteiger partial charge in [0.05, 0.1) is 17.1 Å². The number of halogens is 2. The van der Waals surface area contributed by atoms with Crippen LogP contribution < -0.4 is 5.32 Å². The summed E-state index contributed by atoms with van der Waals surface area (Å²) in [4.78, 5) is 23.4. The lowest BCUT2D eigenvalue weighted by Crippen LogP contribution is -2.15. The highest BCUT2D eigenvalue weighted by Crippen LogP contribution is 2.23. The van der Waals surface area contributed by atoms with Crippen LogP contribution >= 0.6 is 27.5 Å². The molecule has 2 aromatic rings. The van der Waals surface area contributed by atoms with E-state index in [1.54, 1.807) is 18.2 Å². The molecule has 0 unspecified atom stereocenters. The Morgan fingerprint density at radius 2 is 1.81 bits per heavy atom. The van der Waals surface area contributed by atoms with Crippen molar-refractivity contribution in [2.75, 3.05) is 5.32 Å². The number of nitrogens with one attached hydrogen (secondary N) is 1. The highest BCUT2D eigenvalue weighted by Gasteiger charge is 2.09. The van der Waals surface area contributed by atoms with Crippen LogP contribution in [0.2, 0.25) is 5.02 Å². The van der Waals surface area contributed by atoms with Gasteiger partial charge in [-0.1, -0.05) is 39.7 Å². The Balaban J connectivity index is 2.10. The Labute approximate surface area is 136 Å². The summed E-state index contributed by atoms with van der Waals surface area (Å²) in [6.07, 6.45) is 0.244. The van der Waals surface area contributed by atoms with Gasteiger partial charge in [0.2, 0.25) is 5.91 Å². The Morgan fingerprint density at radius 3 is 2.43 bits per heavy atom. The molecule has 0 radical (unpaired) electrons. The van der Waals surface area contributed by atoms with E-state index in [-0.39, 0.29) is 18.1 Å². The summed E-state index contributed by atoms with van der Waals surface area (Å²) >= 11 is 9.38. The fourth-order valence-electron chi connectivity index (χ4n) is 1.82. The molecule has 0 aliphatic heterocycles. The van der Waals surface area contributed by atoms with Crippen LogP contribution in [-0.2, 0) is 11.2 Å². The summed E-state index contributed by atoms with van der Waals surface area (Å²) in [5.74, 6) is -0.255. The van der Waals surface area contributed by atoms with Crippen molar-refractivity contribution in [3.63, 3.8) is 0 Å². The Hall–Kier alpha value is -1.65. The predicted molar refractivity (Wildman–Crippen MR) is 87.9 cm³/mol. The second kappa shape index (κ2) is 6.87. The number of hydrogen-bond acceptors (Lipinski definition) is 2. The molecule has 0 bridgehead atoms. The van der Waals surface area contributed by atoms with E-state index in [4.69, 9.17) is 11.6 Å². The smallest absolute Gasteiger partial charge is 0.228 e. The lowest BCUT2D eigenvalue weighted by molar-refractivity contribution is -0.115. The predicted octanol–water partition coefficient (Wildman–Crippen LogP) is 4.49. The zero-order valence-corrected chi connectivity index (χ0v) is 13.7. The monoisotopic (exact) mass is 365 g/mol. The lowest BCUT2D eigenvalue weighted by atomic mass is 10.1. The number of carbonyl (C=O) groups excluding carboxylic acids is 2. The minimum absolute atomic E-state index is 0.0740. The number of Topliss-reactive ketones (excluding diaryl/α,β-unsaturated/α-hetero) is 1. The van der Waals surface area contributed by atoms with Crippen molar-refractivity contribution in [1.82, 2.24) is 0 Å².